The number of nitrogens with one attached hydrogen (secondary N) is 1. The Hall–Kier alpha value is -2.11. The highest BCUT2D eigenvalue weighted by molar-refractivity contribution is 5.30. The molecule has 2 aromatic heterocycles. The molecule has 1 unspecified atom stereocenters. The average molecular weight is 315 g/mol. The van der Waals surface area contributed by atoms with Crippen molar-refractivity contribution >= 4 is 5.95 Å². The summed E-state index contributed by atoms with van der Waals surface area (Å²) >= 11 is 0. The number of imidazole rings is 1. The SMILES string of the molecule is CCCc1cnc(N2CCC(C(C)Oc3ncc[nH]3)CC2)nc1. The minimum atomic E-state index is 0.163. The first-order valence-electron chi connectivity index (χ1n) is 8.48. The number of rotatable bonds is 6. The molecule has 23 heavy (non-hydrogen) atoms. The van der Waals surface area contributed by atoms with Crippen molar-refractivity contribution in [1.29, 1.82) is 0 Å². The maximum Gasteiger partial charge on any atom is 0.293 e. The van der Waals surface area contributed by atoms with E-state index >= 15 is 0 Å². The van der Waals surface area contributed by atoms with Gasteiger partial charge in [-0.2, -0.15) is 0 Å². The smallest absolute Gasteiger partial charge is 0.293 e. The molecule has 0 saturated carbocycles. The summed E-state index contributed by atoms with van der Waals surface area (Å²) in [7, 11) is 0. The van der Waals surface area contributed by atoms with E-state index in [0.29, 0.717) is 11.9 Å². The first kappa shape index (κ1) is 15.8. The third-order valence-electron chi connectivity index (χ3n) is 4.49. The Morgan fingerprint density at radius 3 is 2.61 bits per heavy atom. The third-order valence-corrected chi connectivity index (χ3v) is 4.49. The first-order chi connectivity index (χ1) is 11.3. The highest BCUT2D eigenvalue weighted by atomic mass is 16.5. The summed E-state index contributed by atoms with van der Waals surface area (Å²) in [6.45, 7) is 6.25. The van der Waals surface area contributed by atoms with Gasteiger partial charge in [0.2, 0.25) is 5.95 Å². The predicted octanol–water partition coefficient (Wildman–Crippen LogP) is 2.84. The highest BCUT2D eigenvalue weighted by Gasteiger charge is 2.26. The molecular weight excluding hydrogens is 290 g/mol. The fourth-order valence-corrected chi connectivity index (χ4v) is 3.09. The number of hydrogen-bond acceptors (Lipinski definition) is 5. The van der Waals surface area contributed by atoms with E-state index < -0.39 is 0 Å². The van der Waals surface area contributed by atoms with Crippen LogP contribution in [-0.2, 0) is 6.42 Å². The summed E-state index contributed by atoms with van der Waals surface area (Å²) in [5.41, 5.74) is 1.21. The molecule has 1 aliphatic rings. The van der Waals surface area contributed by atoms with Crippen molar-refractivity contribution in [2.45, 2.75) is 45.6 Å². The maximum atomic E-state index is 5.86. The van der Waals surface area contributed by atoms with E-state index in [1.54, 1.807) is 12.4 Å². The summed E-state index contributed by atoms with van der Waals surface area (Å²) in [4.78, 5) is 18.4. The second kappa shape index (κ2) is 7.44. The van der Waals surface area contributed by atoms with Crippen LogP contribution in [0.2, 0.25) is 0 Å². The topological polar surface area (TPSA) is 66.9 Å². The number of ether oxygens (including phenoxy) is 1. The van der Waals surface area contributed by atoms with Crippen molar-refractivity contribution in [3.05, 3.63) is 30.4 Å². The molecule has 6 heteroatoms. The van der Waals surface area contributed by atoms with Gasteiger partial charge in [0.05, 0.1) is 0 Å². The molecule has 0 spiro atoms. The van der Waals surface area contributed by atoms with E-state index in [1.165, 1.54) is 5.56 Å². The molecule has 124 valence electrons. The molecule has 0 bridgehead atoms. The number of aryl methyl sites for hydroxylation is 1. The van der Waals surface area contributed by atoms with Gasteiger partial charge in [0, 0.05) is 37.9 Å². The van der Waals surface area contributed by atoms with Crippen LogP contribution in [0.1, 0.15) is 38.7 Å². The molecular formula is C17H25N5O. The number of aromatic nitrogens is 4. The van der Waals surface area contributed by atoms with Crippen LogP contribution >= 0.6 is 0 Å². The van der Waals surface area contributed by atoms with Crippen molar-refractivity contribution in [2.24, 2.45) is 5.92 Å². The van der Waals surface area contributed by atoms with E-state index in [2.05, 4.69) is 38.7 Å². The number of piperidine rings is 1. The molecule has 1 fully saturated rings. The lowest BCUT2D eigenvalue weighted by molar-refractivity contribution is 0.122. The van der Waals surface area contributed by atoms with Crippen molar-refractivity contribution in [1.82, 2.24) is 19.9 Å². The fourth-order valence-electron chi connectivity index (χ4n) is 3.09. The maximum absolute atomic E-state index is 5.86. The van der Waals surface area contributed by atoms with Crippen molar-refractivity contribution < 1.29 is 4.74 Å². The number of anilines is 1. The normalized spacial score (nSPS) is 17.2. The zero-order valence-corrected chi connectivity index (χ0v) is 13.9. The van der Waals surface area contributed by atoms with Crippen LogP contribution in [0.3, 0.4) is 0 Å². The van der Waals surface area contributed by atoms with E-state index in [9.17, 15) is 0 Å². The van der Waals surface area contributed by atoms with Gasteiger partial charge in [-0.15, -0.1) is 0 Å². The molecule has 0 aromatic carbocycles. The lowest BCUT2D eigenvalue weighted by Gasteiger charge is -2.34. The zero-order valence-electron chi connectivity index (χ0n) is 13.9. The summed E-state index contributed by atoms with van der Waals surface area (Å²) in [5.74, 6) is 1.39. The van der Waals surface area contributed by atoms with Gasteiger partial charge in [-0.3, -0.25) is 0 Å². The van der Waals surface area contributed by atoms with Gasteiger partial charge in [0.1, 0.15) is 6.10 Å². The largest absolute Gasteiger partial charge is 0.462 e. The summed E-state index contributed by atoms with van der Waals surface area (Å²) in [6, 6.07) is 0.606. The predicted molar refractivity (Wildman–Crippen MR) is 89.6 cm³/mol. The monoisotopic (exact) mass is 315 g/mol. The number of aromatic amines is 1. The quantitative estimate of drug-likeness (QED) is 0.888. The fraction of sp³-hybridized carbons (Fsp3) is 0.588. The Morgan fingerprint density at radius 1 is 1.26 bits per heavy atom. The molecule has 2 aromatic rings. The van der Waals surface area contributed by atoms with Gasteiger partial charge in [0.15, 0.2) is 0 Å². The minimum absolute atomic E-state index is 0.163. The lowest BCUT2D eigenvalue weighted by atomic mass is 9.92. The number of nitrogens with zero attached hydrogens (tertiary/aromatic N) is 4. The van der Waals surface area contributed by atoms with Gasteiger partial charge in [-0.25, -0.2) is 15.0 Å². The Balaban J connectivity index is 1.51. The van der Waals surface area contributed by atoms with E-state index in [4.69, 9.17) is 4.74 Å². The van der Waals surface area contributed by atoms with Gasteiger partial charge in [0.25, 0.3) is 6.01 Å². The van der Waals surface area contributed by atoms with Gasteiger partial charge >= 0.3 is 0 Å². The lowest BCUT2D eigenvalue weighted by Crippen LogP contribution is -2.39. The first-order valence-corrected chi connectivity index (χ1v) is 8.48. The van der Waals surface area contributed by atoms with Crippen LogP contribution in [0.15, 0.2) is 24.8 Å². The van der Waals surface area contributed by atoms with Crippen LogP contribution in [0.5, 0.6) is 6.01 Å². The van der Waals surface area contributed by atoms with Crippen LogP contribution < -0.4 is 9.64 Å². The van der Waals surface area contributed by atoms with Crippen molar-refractivity contribution in [3.8, 4) is 6.01 Å². The molecule has 3 rings (SSSR count). The third kappa shape index (κ3) is 4.00. The van der Waals surface area contributed by atoms with Crippen LogP contribution in [0.4, 0.5) is 5.95 Å². The van der Waals surface area contributed by atoms with Crippen molar-refractivity contribution in [2.75, 3.05) is 18.0 Å². The second-order valence-corrected chi connectivity index (χ2v) is 6.18. The molecule has 0 aliphatic carbocycles. The van der Waals surface area contributed by atoms with Crippen LogP contribution in [0.25, 0.3) is 0 Å². The van der Waals surface area contributed by atoms with E-state index in [-0.39, 0.29) is 6.10 Å². The zero-order chi connectivity index (χ0) is 16.1. The Kier molecular flexibility index (Phi) is 5.10. The molecule has 1 atom stereocenters. The molecule has 0 amide bonds. The highest BCUT2D eigenvalue weighted by Crippen LogP contribution is 2.25. The van der Waals surface area contributed by atoms with Crippen LogP contribution in [-0.4, -0.2) is 39.1 Å². The Labute approximate surface area is 137 Å². The minimum Gasteiger partial charge on any atom is -0.462 e. The van der Waals surface area contributed by atoms with Gasteiger partial charge in [-0.05, 0) is 37.7 Å². The molecule has 1 aliphatic heterocycles. The molecule has 6 nitrogen and oxygen atoms in total. The summed E-state index contributed by atoms with van der Waals surface area (Å²) < 4.78 is 5.86. The van der Waals surface area contributed by atoms with Gasteiger partial charge < -0.3 is 14.6 Å². The Morgan fingerprint density at radius 2 is 2.00 bits per heavy atom. The number of H-pyrrole nitrogens is 1. The van der Waals surface area contributed by atoms with Gasteiger partial charge in [-0.1, -0.05) is 13.3 Å². The summed E-state index contributed by atoms with van der Waals surface area (Å²) in [6.07, 6.45) is 11.9. The van der Waals surface area contributed by atoms with Crippen molar-refractivity contribution in [3.63, 3.8) is 0 Å². The van der Waals surface area contributed by atoms with E-state index in [1.807, 2.05) is 12.4 Å². The second-order valence-electron chi connectivity index (χ2n) is 6.18. The molecule has 1 N–H and O–H groups in total. The number of hydrogen-bond donors (Lipinski definition) is 1. The molecule has 3 heterocycles. The van der Waals surface area contributed by atoms with E-state index in [0.717, 1.165) is 44.7 Å². The molecule has 1 saturated heterocycles. The van der Waals surface area contributed by atoms with Crippen LogP contribution in [0, 0.1) is 5.92 Å². The standard InChI is InChI=1S/C17H25N5O/c1-3-4-14-11-20-16(21-12-14)22-9-5-15(6-10-22)13(2)23-17-18-7-8-19-17/h7-8,11-13,15H,3-6,9-10H2,1-2H3,(H,18,19). The summed E-state index contributed by atoms with van der Waals surface area (Å²) in [5, 5.41) is 0. The Bertz CT molecular complexity index is 576. The molecule has 0 radical (unpaired) electrons. The average Bonchev–Trinajstić information content (AvgIpc) is 3.09.